The highest BCUT2D eigenvalue weighted by Crippen LogP contribution is 2.27. The smallest absolute Gasteiger partial charge is 0.124 e. The van der Waals surface area contributed by atoms with Crippen LogP contribution in [-0.4, -0.2) is 61.5 Å². The second kappa shape index (κ2) is 7.05. The van der Waals surface area contributed by atoms with Gasteiger partial charge in [-0.05, 0) is 30.5 Å². The molecule has 1 aromatic carbocycles. The summed E-state index contributed by atoms with van der Waals surface area (Å²) in [6.07, 6.45) is 4.22. The van der Waals surface area contributed by atoms with Crippen molar-refractivity contribution < 1.29 is 9.53 Å². The molecule has 4 nitrogen and oxygen atoms in total. The lowest BCUT2D eigenvalue weighted by Gasteiger charge is -2.34. The van der Waals surface area contributed by atoms with Crippen molar-refractivity contribution in [3.05, 3.63) is 29.8 Å². The van der Waals surface area contributed by atoms with Gasteiger partial charge in [0, 0.05) is 45.2 Å². The third-order valence-electron chi connectivity index (χ3n) is 4.39. The van der Waals surface area contributed by atoms with E-state index in [2.05, 4.69) is 9.80 Å². The second-order valence-electron chi connectivity index (χ2n) is 5.97. The molecule has 1 aliphatic heterocycles. The number of hydrogen-bond acceptors (Lipinski definition) is 4. The van der Waals surface area contributed by atoms with E-state index in [1.165, 1.54) is 25.9 Å². The van der Waals surface area contributed by atoms with Crippen molar-refractivity contribution in [2.24, 2.45) is 0 Å². The van der Waals surface area contributed by atoms with Crippen molar-refractivity contribution in [1.29, 1.82) is 0 Å². The molecule has 2 fully saturated rings. The Bertz CT molecular complexity index is 448. The van der Waals surface area contributed by atoms with E-state index in [0.29, 0.717) is 6.42 Å². The summed E-state index contributed by atoms with van der Waals surface area (Å²) in [4.78, 5) is 15.5. The van der Waals surface area contributed by atoms with Gasteiger partial charge in [-0.1, -0.05) is 12.1 Å². The van der Waals surface area contributed by atoms with Crippen LogP contribution < -0.4 is 4.74 Å². The summed E-state index contributed by atoms with van der Waals surface area (Å²) in [7, 11) is 0. The van der Waals surface area contributed by atoms with E-state index in [4.69, 9.17) is 4.74 Å². The zero-order valence-corrected chi connectivity index (χ0v) is 12.5. The third-order valence-corrected chi connectivity index (χ3v) is 4.39. The van der Waals surface area contributed by atoms with Crippen molar-refractivity contribution in [2.75, 3.05) is 39.3 Å². The Morgan fingerprint density at radius 2 is 1.81 bits per heavy atom. The lowest BCUT2D eigenvalue weighted by molar-refractivity contribution is -0.107. The maximum atomic E-state index is 10.4. The molecule has 0 atom stereocenters. The standard InChI is InChI=1S/C17H24N2O2/c20-13-7-15-1-5-17(6-2-15)21-14-12-18-8-10-19(11-9-18)16-3-4-16/h1-2,5-6,13,16H,3-4,7-12,14H2. The molecule has 0 aromatic heterocycles. The second-order valence-corrected chi connectivity index (χ2v) is 5.97. The molecule has 0 N–H and O–H groups in total. The van der Waals surface area contributed by atoms with Crippen LogP contribution in [0.5, 0.6) is 5.75 Å². The number of piperazine rings is 1. The molecule has 1 saturated carbocycles. The summed E-state index contributed by atoms with van der Waals surface area (Å²) >= 11 is 0. The minimum absolute atomic E-state index is 0.478. The Hall–Kier alpha value is -1.39. The van der Waals surface area contributed by atoms with Gasteiger partial charge < -0.3 is 9.53 Å². The molecule has 0 spiro atoms. The Morgan fingerprint density at radius 1 is 1.10 bits per heavy atom. The molecule has 114 valence electrons. The number of ether oxygens (including phenoxy) is 1. The normalized spacial score (nSPS) is 20.4. The molecule has 0 amide bonds. The third kappa shape index (κ3) is 4.29. The lowest BCUT2D eigenvalue weighted by atomic mass is 10.2. The van der Waals surface area contributed by atoms with E-state index < -0.39 is 0 Å². The predicted octanol–water partition coefficient (Wildman–Crippen LogP) is 1.59. The molecule has 4 heteroatoms. The van der Waals surface area contributed by atoms with Crippen molar-refractivity contribution in [3.8, 4) is 5.75 Å². The molecule has 3 rings (SSSR count). The minimum atomic E-state index is 0.478. The molecule has 2 aliphatic rings. The van der Waals surface area contributed by atoms with E-state index in [1.54, 1.807) is 0 Å². The van der Waals surface area contributed by atoms with Crippen LogP contribution in [0.1, 0.15) is 18.4 Å². The molecule has 1 heterocycles. The molecular weight excluding hydrogens is 264 g/mol. The number of nitrogens with zero attached hydrogens (tertiary/aromatic N) is 2. The summed E-state index contributed by atoms with van der Waals surface area (Å²) in [5, 5.41) is 0. The summed E-state index contributed by atoms with van der Waals surface area (Å²) in [5.74, 6) is 0.890. The molecule has 1 saturated heterocycles. The zero-order valence-electron chi connectivity index (χ0n) is 12.5. The fourth-order valence-corrected chi connectivity index (χ4v) is 2.90. The van der Waals surface area contributed by atoms with E-state index in [9.17, 15) is 4.79 Å². The van der Waals surface area contributed by atoms with Crippen molar-refractivity contribution in [2.45, 2.75) is 25.3 Å². The van der Waals surface area contributed by atoms with Crippen molar-refractivity contribution >= 4 is 6.29 Å². The SMILES string of the molecule is O=CCc1ccc(OCCN2CCN(C3CC3)CC2)cc1. The molecule has 0 unspecified atom stereocenters. The summed E-state index contributed by atoms with van der Waals surface area (Å²) in [6.45, 7) is 6.48. The fraction of sp³-hybridized carbons (Fsp3) is 0.588. The predicted molar refractivity (Wildman–Crippen MR) is 82.7 cm³/mol. The van der Waals surface area contributed by atoms with E-state index in [0.717, 1.165) is 49.9 Å². The Labute approximate surface area is 126 Å². The first-order valence-electron chi connectivity index (χ1n) is 7.97. The summed E-state index contributed by atoms with van der Waals surface area (Å²) in [5.41, 5.74) is 1.04. The molecule has 21 heavy (non-hydrogen) atoms. The van der Waals surface area contributed by atoms with Crippen molar-refractivity contribution in [3.63, 3.8) is 0 Å². The number of benzene rings is 1. The highest BCUT2D eigenvalue weighted by atomic mass is 16.5. The molecule has 0 radical (unpaired) electrons. The average molecular weight is 288 g/mol. The molecular formula is C17H24N2O2. The van der Waals surface area contributed by atoms with Gasteiger partial charge >= 0.3 is 0 Å². The fourth-order valence-electron chi connectivity index (χ4n) is 2.90. The van der Waals surface area contributed by atoms with Crippen LogP contribution >= 0.6 is 0 Å². The van der Waals surface area contributed by atoms with Crippen LogP contribution in [0, 0.1) is 0 Å². The highest BCUT2D eigenvalue weighted by Gasteiger charge is 2.30. The number of rotatable bonds is 7. The van der Waals surface area contributed by atoms with Gasteiger partial charge in [0.1, 0.15) is 18.6 Å². The van der Waals surface area contributed by atoms with Gasteiger partial charge in [0.05, 0.1) is 0 Å². The van der Waals surface area contributed by atoms with Gasteiger partial charge in [-0.3, -0.25) is 9.80 Å². The van der Waals surface area contributed by atoms with E-state index in [-0.39, 0.29) is 0 Å². The van der Waals surface area contributed by atoms with Gasteiger partial charge in [0.2, 0.25) is 0 Å². The highest BCUT2D eigenvalue weighted by molar-refractivity contribution is 5.55. The summed E-state index contributed by atoms with van der Waals surface area (Å²) < 4.78 is 5.78. The van der Waals surface area contributed by atoms with Crippen LogP contribution in [0.15, 0.2) is 24.3 Å². The average Bonchev–Trinajstić information content (AvgIpc) is 3.35. The van der Waals surface area contributed by atoms with Crippen LogP contribution in [0.4, 0.5) is 0 Å². The molecule has 0 bridgehead atoms. The number of carbonyl (C=O) groups is 1. The summed E-state index contributed by atoms with van der Waals surface area (Å²) in [6, 6.07) is 8.71. The largest absolute Gasteiger partial charge is 0.492 e. The number of hydrogen-bond donors (Lipinski definition) is 0. The maximum absolute atomic E-state index is 10.4. The molecule has 1 aromatic rings. The van der Waals surface area contributed by atoms with E-state index >= 15 is 0 Å². The van der Waals surface area contributed by atoms with Gasteiger partial charge in [0.15, 0.2) is 0 Å². The Kier molecular flexibility index (Phi) is 4.88. The maximum Gasteiger partial charge on any atom is 0.124 e. The van der Waals surface area contributed by atoms with Gasteiger partial charge in [0.25, 0.3) is 0 Å². The number of aldehydes is 1. The monoisotopic (exact) mass is 288 g/mol. The van der Waals surface area contributed by atoms with Crippen LogP contribution in [-0.2, 0) is 11.2 Å². The van der Waals surface area contributed by atoms with Crippen LogP contribution in [0.25, 0.3) is 0 Å². The topological polar surface area (TPSA) is 32.8 Å². The molecule has 1 aliphatic carbocycles. The van der Waals surface area contributed by atoms with Gasteiger partial charge in [-0.15, -0.1) is 0 Å². The van der Waals surface area contributed by atoms with Gasteiger partial charge in [-0.25, -0.2) is 0 Å². The Balaban J connectivity index is 1.35. The Morgan fingerprint density at radius 3 is 2.43 bits per heavy atom. The van der Waals surface area contributed by atoms with Gasteiger partial charge in [-0.2, -0.15) is 0 Å². The van der Waals surface area contributed by atoms with Crippen LogP contribution in [0.3, 0.4) is 0 Å². The van der Waals surface area contributed by atoms with E-state index in [1.807, 2.05) is 24.3 Å². The first kappa shape index (κ1) is 14.5. The van der Waals surface area contributed by atoms with Crippen molar-refractivity contribution in [1.82, 2.24) is 9.80 Å². The lowest BCUT2D eigenvalue weighted by Crippen LogP contribution is -2.48. The first-order valence-corrected chi connectivity index (χ1v) is 7.97. The first-order chi connectivity index (χ1) is 10.3. The van der Waals surface area contributed by atoms with Crippen LogP contribution in [0.2, 0.25) is 0 Å². The zero-order chi connectivity index (χ0) is 14.5. The minimum Gasteiger partial charge on any atom is -0.492 e. The quantitative estimate of drug-likeness (QED) is 0.713. The number of carbonyl (C=O) groups excluding carboxylic acids is 1.